The van der Waals surface area contributed by atoms with E-state index in [1.807, 2.05) is 0 Å². The molecule has 0 fully saturated rings. The van der Waals surface area contributed by atoms with Crippen LogP contribution in [-0.2, 0) is 9.53 Å². The van der Waals surface area contributed by atoms with Gasteiger partial charge in [0.2, 0.25) is 0 Å². The minimum Gasteiger partial charge on any atom is -0.444 e. The Bertz CT molecular complexity index is 952. The highest BCUT2D eigenvalue weighted by atomic mass is 16.6. The molecule has 28 heavy (non-hydrogen) atoms. The van der Waals surface area contributed by atoms with E-state index in [9.17, 15) is 14.4 Å². The fourth-order valence-corrected chi connectivity index (χ4v) is 2.76. The van der Waals surface area contributed by atoms with E-state index in [2.05, 4.69) is 5.32 Å². The molecule has 2 aromatic rings. The summed E-state index contributed by atoms with van der Waals surface area (Å²) >= 11 is 0. The standard InChI is InChI=1S/C21H27NO6/c1-11(2)18(22-20(25)28-21(5,6)7)19(24)27-15-9-12(3)8-14-17(15)13(4)10-16(23)26-14/h8-11,18H,1-7H3,(H,22,25). The van der Waals surface area contributed by atoms with Crippen LogP contribution in [-0.4, -0.2) is 23.7 Å². The summed E-state index contributed by atoms with van der Waals surface area (Å²) in [5.41, 5.74) is 0.589. The van der Waals surface area contributed by atoms with Crippen LogP contribution < -0.4 is 15.7 Å². The molecule has 7 heteroatoms. The molecule has 1 unspecified atom stereocenters. The Labute approximate surface area is 164 Å². The van der Waals surface area contributed by atoms with Gasteiger partial charge < -0.3 is 19.2 Å². The van der Waals surface area contributed by atoms with Gasteiger partial charge in [-0.05, 0) is 63.8 Å². The molecule has 0 aliphatic heterocycles. The average molecular weight is 389 g/mol. The lowest BCUT2D eigenvalue weighted by atomic mass is 10.0. The van der Waals surface area contributed by atoms with Crippen LogP contribution in [0.4, 0.5) is 4.79 Å². The first-order valence-electron chi connectivity index (χ1n) is 9.13. The van der Waals surface area contributed by atoms with Crippen LogP contribution in [0.2, 0.25) is 0 Å². The number of ether oxygens (including phenoxy) is 2. The Morgan fingerprint density at radius 2 is 1.75 bits per heavy atom. The molecule has 0 spiro atoms. The summed E-state index contributed by atoms with van der Waals surface area (Å²) in [5, 5.41) is 3.11. The number of fused-ring (bicyclic) bond motifs is 1. The molecule has 1 amide bonds. The second-order valence-electron chi connectivity index (χ2n) is 8.17. The molecular formula is C21H27NO6. The number of carbonyl (C=O) groups excluding carboxylic acids is 2. The number of aryl methyl sites for hydroxylation is 2. The van der Waals surface area contributed by atoms with Gasteiger partial charge in [0.15, 0.2) is 0 Å². The van der Waals surface area contributed by atoms with Gasteiger partial charge in [-0.2, -0.15) is 0 Å². The van der Waals surface area contributed by atoms with E-state index in [0.717, 1.165) is 5.56 Å². The normalized spacial score (nSPS) is 12.7. The summed E-state index contributed by atoms with van der Waals surface area (Å²) in [5.74, 6) is -0.577. The quantitative estimate of drug-likeness (QED) is 0.485. The Kier molecular flexibility index (Phi) is 6.17. The van der Waals surface area contributed by atoms with Crippen molar-refractivity contribution < 1.29 is 23.5 Å². The maximum Gasteiger partial charge on any atom is 0.408 e. The van der Waals surface area contributed by atoms with E-state index in [1.54, 1.807) is 60.6 Å². The molecule has 1 atom stereocenters. The van der Waals surface area contributed by atoms with E-state index < -0.39 is 29.3 Å². The summed E-state index contributed by atoms with van der Waals surface area (Å²) in [6.07, 6.45) is -0.695. The zero-order chi connectivity index (χ0) is 21.2. The maximum atomic E-state index is 12.8. The number of carbonyl (C=O) groups is 2. The molecule has 0 saturated heterocycles. The predicted molar refractivity (Wildman–Crippen MR) is 106 cm³/mol. The Morgan fingerprint density at radius 3 is 2.32 bits per heavy atom. The lowest BCUT2D eigenvalue weighted by molar-refractivity contribution is -0.137. The largest absolute Gasteiger partial charge is 0.444 e. The molecule has 7 nitrogen and oxygen atoms in total. The van der Waals surface area contributed by atoms with Gasteiger partial charge in [0, 0.05) is 6.07 Å². The van der Waals surface area contributed by atoms with Gasteiger partial charge in [-0.3, -0.25) is 0 Å². The number of esters is 1. The summed E-state index contributed by atoms with van der Waals surface area (Å²) in [7, 11) is 0. The molecule has 1 N–H and O–H groups in total. The van der Waals surface area contributed by atoms with Gasteiger partial charge in [0.1, 0.15) is 23.0 Å². The van der Waals surface area contributed by atoms with Gasteiger partial charge in [-0.25, -0.2) is 14.4 Å². The Balaban J connectivity index is 2.33. The van der Waals surface area contributed by atoms with Crippen molar-refractivity contribution in [1.82, 2.24) is 5.32 Å². The number of hydrogen-bond acceptors (Lipinski definition) is 6. The van der Waals surface area contributed by atoms with Gasteiger partial charge in [0.05, 0.1) is 5.39 Å². The highest BCUT2D eigenvalue weighted by Crippen LogP contribution is 2.30. The van der Waals surface area contributed by atoms with Crippen molar-refractivity contribution in [1.29, 1.82) is 0 Å². The third-order valence-electron chi connectivity index (χ3n) is 3.95. The number of hydrogen-bond donors (Lipinski definition) is 1. The highest BCUT2D eigenvalue weighted by Gasteiger charge is 2.29. The van der Waals surface area contributed by atoms with Crippen LogP contribution in [0.25, 0.3) is 11.0 Å². The van der Waals surface area contributed by atoms with Crippen LogP contribution in [0.15, 0.2) is 27.4 Å². The van der Waals surface area contributed by atoms with E-state index in [-0.39, 0.29) is 11.7 Å². The van der Waals surface area contributed by atoms with Crippen LogP contribution in [0.1, 0.15) is 45.7 Å². The molecule has 1 aromatic carbocycles. The Morgan fingerprint density at radius 1 is 1.11 bits per heavy atom. The van der Waals surface area contributed by atoms with Crippen molar-refractivity contribution in [3.8, 4) is 5.75 Å². The smallest absolute Gasteiger partial charge is 0.408 e. The summed E-state index contributed by atoms with van der Waals surface area (Å²) in [6.45, 7) is 12.4. The van der Waals surface area contributed by atoms with E-state index >= 15 is 0 Å². The summed E-state index contributed by atoms with van der Waals surface area (Å²) in [6, 6.07) is 3.84. The van der Waals surface area contributed by atoms with Gasteiger partial charge in [-0.15, -0.1) is 0 Å². The maximum absolute atomic E-state index is 12.8. The second-order valence-corrected chi connectivity index (χ2v) is 8.17. The number of benzene rings is 1. The first-order chi connectivity index (χ1) is 12.9. The van der Waals surface area contributed by atoms with Crippen LogP contribution in [0, 0.1) is 19.8 Å². The average Bonchev–Trinajstić information content (AvgIpc) is 2.49. The number of nitrogens with one attached hydrogen (secondary N) is 1. The van der Waals surface area contributed by atoms with Crippen molar-refractivity contribution in [3.63, 3.8) is 0 Å². The minimum absolute atomic E-state index is 0.227. The minimum atomic E-state index is -0.901. The van der Waals surface area contributed by atoms with Crippen LogP contribution >= 0.6 is 0 Å². The number of alkyl carbamates (subject to hydrolysis) is 1. The predicted octanol–water partition coefficient (Wildman–Crippen LogP) is 3.86. The van der Waals surface area contributed by atoms with E-state index in [1.165, 1.54) is 6.07 Å². The monoisotopic (exact) mass is 389 g/mol. The molecular weight excluding hydrogens is 362 g/mol. The molecule has 0 bridgehead atoms. The fraction of sp³-hybridized carbons (Fsp3) is 0.476. The second kappa shape index (κ2) is 8.04. The first-order valence-corrected chi connectivity index (χ1v) is 9.13. The molecule has 0 aliphatic carbocycles. The molecule has 0 radical (unpaired) electrons. The van der Waals surface area contributed by atoms with Crippen molar-refractivity contribution in [3.05, 3.63) is 39.7 Å². The van der Waals surface area contributed by atoms with Crippen LogP contribution in [0.5, 0.6) is 5.75 Å². The van der Waals surface area contributed by atoms with Crippen molar-refractivity contribution >= 4 is 23.0 Å². The molecule has 0 aliphatic rings. The van der Waals surface area contributed by atoms with Crippen molar-refractivity contribution in [2.24, 2.45) is 5.92 Å². The molecule has 1 aromatic heterocycles. The van der Waals surface area contributed by atoms with Gasteiger partial charge in [0.25, 0.3) is 0 Å². The van der Waals surface area contributed by atoms with Gasteiger partial charge >= 0.3 is 17.7 Å². The van der Waals surface area contributed by atoms with Crippen molar-refractivity contribution in [2.75, 3.05) is 0 Å². The van der Waals surface area contributed by atoms with Crippen LogP contribution in [0.3, 0.4) is 0 Å². The zero-order valence-electron chi connectivity index (χ0n) is 17.3. The first kappa shape index (κ1) is 21.5. The number of rotatable bonds is 4. The SMILES string of the molecule is Cc1cc(OC(=O)C(NC(=O)OC(C)(C)C)C(C)C)c2c(C)cc(=O)oc2c1. The van der Waals surface area contributed by atoms with Gasteiger partial charge in [-0.1, -0.05) is 13.8 Å². The van der Waals surface area contributed by atoms with E-state index in [4.69, 9.17) is 13.9 Å². The molecule has 0 saturated carbocycles. The fourth-order valence-electron chi connectivity index (χ4n) is 2.76. The third kappa shape index (κ3) is 5.34. The van der Waals surface area contributed by atoms with Crippen molar-refractivity contribution in [2.45, 2.75) is 60.1 Å². The molecule has 2 rings (SSSR count). The number of amides is 1. The molecule has 1 heterocycles. The lowest BCUT2D eigenvalue weighted by Gasteiger charge is -2.24. The topological polar surface area (TPSA) is 94.8 Å². The zero-order valence-corrected chi connectivity index (χ0v) is 17.3. The summed E-state index contributed by atoms with van der Waals surface area (Å²) < 4.78 is 16.1. The van der Waals surface area contributed by atoms with E-state index in [0.29, 0.717) is 16.5 Å². The third-order valence-corrected chi connectivity index (χ3v) is 3.95. The summed E-state index contributed by atoms with van der Waals surface area (Å²) in [4.78, 5) is 36.5. The Hall–Kier alpha value is -2.83. The lowest BCUT2D eigenvalue weighted by Crippen LogP contribution is -2.48. The highest BCUT2D eigenvalue weighted by molar-refractivity contribution is 5.91. The molecule has 152 valence electrons.